The molecule has 0 aliphatic rings. The molecule has 0 saturated heterocycles. The van der Waals surface area contributed by atoms with Gasteiger partial charge in [-0.25, -0.2) is 0 Å². The summed E-state index contributed by atoms with van der Waals surface area (Å²) < 4.78 is 0. The van der Waals surface area contributed by atoms with Gasteiger partial charge in [-0.2, -0.15) is 0 Å². The van der Waals surface area contributed by atoms with Crippen molar-refractivity contribution in [3.63, 3.8) is 0 Å². The van der Waals surface area contributed by atoms with E-state index in [9.17, 15) is 0 Å². The van der Waals surface area contributed by atoms with Crippen LogP contribution in [-0.4, -0.2) is 21.3 Å². The van der Waals surface area contributed by atoms with Crippen LogP contribution in [0.15, 0.2) is 0 Å². The molecule has 0 spiro atoms. The molecule has 3 heteroatoms. The molecule has 0 radical (unpaired) electrons. The third-order valence-electron chi connectivity index (χ3n) is 0.902. The van der Waals surface area contributed by atoms with Crippen molar-refractivity contribution in [2.45, 2.75) is 30.9 Å². The van der Waals surface area contributed by atoms with Crippen molar-refractivity contribution in [2.75, 3.05) is 0 Å². The molecule has 0 heterocycles. The Kier molecular flexibility index (Phi) is 4.51. The maximum atomic E-state index is 8.83. The van der Waals surface area contributed by atoms with Crippen LogP contribution in [0.25, 0.3) is 0 Å². The Morgan fingerprint density at radius 2 is 2.00 bits per heavy atom. The molecule has 2 atom stereocenters. The van der Waals surface area contributed by atoms with Crippen LogP contribution >= 0.6 is 15.9 Å². The van der Waals surface area contributed by atoms with Crippen molar-refractivity contribution < 1.29 is 10.2 Å². The highest BCUT2D eigenvalue weighted by Crippen LogP contribution is 2.06. The average molecular weight is 183 g/mol. The van der Waals surface area contributed by atoms with Crippen molar-refractivity contribution in [2.24, 2.45) is 0 Å². The number of hydrogen-bond acceptors (Lipinski definition) is 2. The highest BCUT2D eigenvalue weighted by molar-refractivity contribution is 9.09. The Morgan fingerprint density at radius 3 is 2.12 bits per heavy atom. The molecular formula is C5H11BrO2. The fraction of sp³-hybridized carbons (Fsp3) is 1.00. The van der Waals surface area contributed by atoms with E-state index in [1.807, 2.05) is 6.92 Å². The quantitative estimate of drug-likeness (QED) is 0.637. The Hall–Kier alpha value is 0.400. The van der Waals surface area contributed by atoms with Gasteiger partial charge in [0, 0.05) is 0 Å². The Balaban J connectivity index is 3.17. The number of aliphatic hydroxyl groups is 2. The van der Waals surface area contributed by atoms with E-state index >= 15 is 0 Å². The van der Waals surface area contributed by atoms with E-state index < -0.39 is 11.1 Å². The standard InChI is InChI=1S/C5H11BrO2/c1-2-3-4(7)5(6)8/h4-5,7-8H,2-3H2,1H3/t4-,5+/m0/s1. The molecule has 0 unspecified atom stereocenters. The maximum absolute atomic E-state index is 8.83. The summed E-state index contributed by atoms with van der Waals surface area (Å²) in [6.07, 6.45) is 0.927. The molecule has 0 amide bonds. The summed E-state index contributed by atoms with van der Waals surface area (Å²) in [5, 5.41) is 16.7. The molecule has 50 valence electrons. The van der Waals surface area contributed by atoms with Crippen LogP contribution < -0.4 is 0 Å². The van der Waals surface area contributed by atoms with Gasteiger partial charge in [0.1, 0.15) is 5.01 Å². The second-order valence-electron chi connectivity index (χ2n) is 1.73. The number of rotatable bonds is 3. The van der Waals surface area contributed by atoms with Crippen LogP contribution in [-0.2, 0) is 0 Å². The lowest BCUT2D eigenvalue weighted by Gasteiger charge is -2.08. The zero-order valence-electron chi connectivity index (χ0n) is 4.84. The normalized spacial score (nSPS) is 18.0. The summed E-state index contributed by atoms with van der Waals surface area (Å²) in [6, 6.07) is 0. The second kappa shape index (κ2) is 4.30. The predicted octanol–water partition coefficient (Wildman–Crippen LogP) is 0.861. The number of halogens is 1. The molecule has 0 aliphatic heterocycles. The number of alkyl halides is 1. The summed E-state index contributed by atoms with van der Waals surface area (Å²) in [6.45, 7) is 1.96. The lowest BCUT2D eigenvalue weighted by molar-refractivity contribution is 0.0705. The number of aliphatic hydroxyl groups excluding tert-OH is 2. The predicted molar refractivity (Wildman–Crippen MR) is 35.8 cm³/mol. The Bertz CT molecular complexity index is 56.4. The minimum atomic E-state index is -0.762. The van der Waals surface area contributed by atoms with Gasteiger partial charge in [0.05, 0.1) is 6.10 Å². The molecule has 0 fully saturated rings. The molecular weight excluding hydrogens is 172 g/mol. The minimum Gasteiger partial charge on any atom is -0.390 e. The smallest absolute Gasteiger partial charge is 0.134 e. The van der Waals surface area contributed by atoms with Crippen molar-refractivity contribution in [1.82, 2.24) is 0 Å². The zero-order valence-corrected chi connectivity index (χ0v) is 6.43. The second-order valence-corrected chi connectivity index (χ2v) is 2.67. The van der Waals surface area contributed by atoms with E-state index in [1.54, 1.807) is 0 Å². The summed E-state index contributed by atoms with van der Waals surface area (Å²) >= 11 is 2.85. The molecule has 0 bridgehead atoms. The van der Waals surface area contributed by atoms with Gasteiger partial charge < -0.3 is 10.2 Å². The van der Waals surface area contributed by atoms with Crippen LogP contribution in [0, 0.1) is 0 Å². The lowest BCUT2D eigenvalue weighted by atomic mass is 10.2. The van der Waals surface area contributed by atoms with Crippen molar-refractivity contribution >= 4 is 15.9 Å². The highest BCUT2D eigenvalue weighted by atomic mass is 79.9. The summed E-state index contributed by atoms with van der Waals surface area (Å²) in [5.41, 5.74) is 0. The van der Waals surface area contributed by atoms with Gasteiger partial charge in [-0.3, -0.25) is 0 Å². The molecule has 2 nitrogen and oxygen atoms in total. The van der Waals surface area contributed by atoms with E-state index in [4.69, 9.17) is 10.2 Å². The fourth-order valence-corrected chi connectivity index (χ4v) is 0.698. The van der Waals surface area contributed by atoms with Gasteiger partial charge in [-0.1, -0.05) is 29.3 Å². The molecule has 0 saturated carbocycles. The van der Waals surface area contributed by atoms with Gasteiger partial charge in [0.15, 0.2) is 0 Å². The number of hydrogen-bond donors (Lipinski definition) is 2. The van der Waals surface area contributed by atoms with Crippen LogP contribution in [0.1, 0.15) is 19.8 Å². The van der Waals surface area contributed by atoms with Crippen molar-refractivity contribution in [3.8, 4) is 0 Å². The SMILES string of the molecule is CCC[C@H](O)[C@@H](O)Br. The molecule has 0 aromatic carbocycles. The third kappa shape index (κ3) is 3.41. The first-order valence-corrected chi connectivity index (χ1v) is 3.60. The van der Waals surface area contributed by atoms with Crippen molar-refractivity contribution in [3.05, 3.63) is 0 Å². The van der Waals surface area contributed by atoms with Crippen LogP contribution in [0.4, 0.5) is 0 Å². The summed E-state index contributed by atoms with van der Waals surface area (Å²) in [7, 11) is 0. The highest BCUT2D eigenvalue weighted by Gasteiger charge is 2.09. The topological polar surface area (TPSA) is 40.5 Å². The molecule has 0 aliphatic carbocycles. The Morgan fingerprint density at radius 1 is 1.50 bits per heavy atom. The molecule has 0 aromatic rings. The van der Waals surface area contributed by atoms with E-state index in [0.717, 1.165) is 6.42 Å². The first-order chi connectivity index (χ1) is 3.68. The van der Waals surface area contributed by atoms with E-state index in [2.05, 4.69) is 15.9 Å². The first kappa shape index (κ1) is 8.40. The van der Waals surface area contributed by atoms with Gasteiger partial charge in [-0.05, 0) is 6.42 Å². The van der Waals surface area contributed by atoms with Gasteiger partial charge in [0.25, 0.3) is 0 Å². The van der Waals surface area contributed by atoms with E-state index in [-0.39, 0.29) is 0 Å². The van der Waals surface area contributed by atoms with Gasteiger partial charge >= 0.3 is 0 Å². The first-order valence-electron chi connectivity index (χ1n) is 2.68. The largest absolute Gasteiger partial charge is 0.390 e. The van der Waals surface area contributed by atoms with E-state index in [0.29, 0.717) is 6.42 Å². The van der Waals surface area contributed by atoms with Crippen molar-refractivity contribution in [1.29, 1.82) is 0 Å². The molecule has 0 aromatic heterocycles. The Labute approximate surface area is 57.7 Å². The molecule has 0 rings (SSSR count). The zero-order chi connectivity index (χ0) is 6.57. The molecule has 8 heavy (non-hydrogen) atoms. The monoisotopic (exact) mass is 182 g/mol. The van der Waals surface area contributed by atoms with Crippen LogP contribution in [0.5, 0.6) is 0 Å². The van der Waals surface area contributed by atoms with Crippen LogP contribution in [0.3, 0.4) is 0 Å². The summed E-state index contributed by atoms with van der Waals surface area (Å²) in [5.74, 6) is 0. The van der Waals surface area contributed by atoms with Crippen LogP contribution in [0.2, 0.25) is 0 Å². The average Bonchev–Trinajstić information content (AvgIpc) is 1.67. The maximum Gasteiger partial charge on any atom is 0.134 e. The lowest BCUT2D eigenvalue weighted by Crippen LogP contribution is -2.18. The third-order valence-corrected chi connectivity index (χ3v) is 1.51. The van der Waals surface area contributed by atoms with E-state index in [1.165, 1.54) is 0 Å². The minimum absolute atomic E-state index is 0.611. The summed E-state index contributed by atoms with van der Waals surface area (Å²) in [4.78, 5) is 0. The molecule has 2 N–H and O–H groups in total. The fourth-order valence-electron chi connectivity index (χ4n) is 0.433. The van der Waals surface area contributed by atoms with Gasteiger partial charge in [0.2, 0.25) is 0 Å². The van der Waals surface area contributed by atoms with Gasteiger partial charge in [-0.15, -0.1) is 0 Å².